The third kappa shape index (κ3) is 11.0. The lowest BCUT2D eigenvalue weighted by atomic mass is 9.95. The average molecular weight is 585 g/mol. The van der Waals surface area contributed by atoms with Crippen molar-refractivity contribution in [1.82, 2.24) is 16.0 Å². The number of carbonyl (C=O) groups excluding carboxylic acids is 7. The maximum atomic E-state index is 12.8. The highest BCUT2D eigenvalue weighted by Crippen LogP contribution is 2.26. The summed E-state index contributed by atoms with van der Waals surface area (Å²) in [4.78, 5) is 83.3. The molecule has 1 heterocycles. The Hall–Kier alpha value is -3.96. The predicted octanol–water partition coefficient (Wildman–Crippen LogP) is -1.24. The van der Waals surface area contributed by atoms with Crippen molar-refractivity contribution >= 4 is 41.6 Å². The van der Waals surface area contributed by atoms with E-state index in [2.05, 4.69) is 15.4 Å². The number of rotatable bonds is 11. The van der Waals surface area contributed by atoms with Gasteiger partial charge in [0.05, 0.1) is 13.0 Å². The Kier molecular flexibility index (Phi) is 12.8. The van der Waals surface area contributed by atoms with E-state index in [9.17, 15) is 46.7 Å². The molecule has 40 heavy (non-hydrogen) atoms. The molecule has 0 radical (unpaired) electrons. The van der Waals surface area contributed by atoms with E-state index in [1.165, 1.54) is 12.2 Å². The minimum atomic E-state index is -5.38. The lowest BCUT2D eigenvalue weighted by Gasteiger charge is -2.45. The first-order chi connectivity index (χ1) is 18.5. The quantitative estimate of drug-likeness (QED) is 0.193. The van der Waals surface area contributed by atoms with Crippen LogP contribution in [0.4, 0.5) is 13.2 Å². The molecule has 18 heteroatoms. The number of esters is 4. The van der Waals surface area contributed by atoms with E-state index in [-0.39, 0.29) is 6.61 Å². The van der Waals surface area contributed by atoms with Gasteiger partial charge in [-0.15, -0.1) is 0 Å². The SMILES string of the molecule is CCOC(=O)C(CC(=O)NC1OC(COC(C)=O)C(OC(C)=O)C(OC(C)=O)C1NC(C)=O)NC(=O)C(F)(F)F. The summed E-state index contributed by atoms with van der Waals surface area (Å²) < 4.78 is 63.9. The first kappa shape index (κ1) is 34.1. The van der Waals surface area contributed by atoms with Gasteiger partial charge in [0.1, 0.15) is 24.8 Å². The second-order valence-electron chi connectivity index (χ2n) is 8.32. The number of amides is 3. The number of alkyl halides is 3. The van der Waals surface area contributed by atoms with Crippen LogP contribution in [0, 0.1) is 0 Å². The van der Waals surface area contributed by atoms with E-state index >= 15 is 0 Å². The van der Waals surface area contributed by atoms with Crippen LogP contribution in [0.3, 0.4) is 0 Å². The first-order valence-corrected chi connectivity index (χ1v) is 11.7. The maximum Gasteiger partial charge on any atom is 0.471 e. The van der Waals surface area contributed by atoms with Gasteiger partial charge in [-0.2, -0.15) is 13.2 Å². The number of hydrogen-bond acceptors (Lipinski definition) is 12. The second kappa shape index (κ2) is 15.0. The van der Waals surface area contributed by atoms with Crippen LogP contribution in [-0.2, 0) is 57.2 Å². The molecule has 1 aliphatic rings. The Morgan fingerprint density at radius 2 is 1.43 bits per heavy atom. The molecule has 1 fully saturated rings. The van der Waals surface area contributed by atoms with Crippen LogP contribution >= 0.6 is 0 Å². The number of nitrogens with one attached hydrogen (secondary N) is 3. The van der Waals surface area contributed by atoms with Gasteiger partial charge in [-0.05, 0) is 6.92 Å². The fourth-order valence-corrected chi connectivity index (χ4v) is 3.53. The third-order valence-corrected chi connectivity index (χ3v) is 4.94. The van der Waals surface area contributed by atoms with Crippen molar-refractivity contribution in [2.24, 2.45) is 0 Å². The van der Waals surface area contributed by atoms with Crippen molar-refractivity contribution in [3.05, 3.63) is 0 Å². The van der Waals surface area contributed by atoms with Crippen LogP contribution < -0.4 is 16.0 Å². The predicted molar refractivity (Wildman–Crippen MR) is 121 cm³/mol. The molecule has 0 aromatic rings. The van der Waals surface area contributed by atoms with Crippen molar-refractivity contribution in [3.63, 3.8) is 0 Å². The zero-order valence-electron chi connectivity index (χ0n) is 22.1. The number of carbonyl (C=O) groups is 7. The van der Waals surface area contributed by atoms with Crippen molar-refractivity contribution in [1.29, 1.82) is 0 Å². The summed E-state index contributed by atoms with van der Waals surface area (Å²) in [6, 6.07) is -3.54. The van der Waals surface area contributed by atoms with Crippen LogP contribution in [0.5, 0.6) is 0 Å². The van der Waals surface area contributed by atoms with Crippen molar-refractivity contribution in [2.45, 2.75) is 83.8 Å². The van der Waals surface area contributed by atoms with Crippen LogP contribution in [0.25, 0.3) is 0 Å². The Labute approximate surface area is 225 Å². The second-order valence-corrected chi connectivity index (χ2v) is 8.32. The lowest BCUT2D eigenvalue weighted by molar-refractivity contribution is -0.228. The number of ether oxygens (including phenoxy) is 5. The normalized spacial score (nSPS) is 23.1. The van der Waals surface area contributed by atoms with Gasteiger partial charge in [-0.25, -0.2) is 4.79 Å². The summed E-state index contributed by atoms with van der Waals surface area (Å²) in [6.45, 7) is 4.58. The largest absolute Gasteiger partial charge is 0.471 e. The van der Waals surface area contributed by atoms with E-state index < -0.39 is 97.4 Å². The Morgan fingerprint density at radius 1 is 0.850 bits per heavy atom. The first-order valence-electron chi connectivity index (χ1n) is 11.7. The lowest BCUT2D eigenvalue weighted by Crippen LogP contribution is -2.69. The highest BCUT2D eigenvalue weighted by atomic mass is 19.4. The summed E-state index contributed by atoms with van der Waals surface area (Å²) in [5.74, 6) is -8.33. The topological polar surface area (TPSA) is 202 Å². The number of hydrogen-bond donors (Lipinski definition) is 3. The molecule has 0 spiro atoms. The summed E-state index contributed by atoms with van der Waals surface area (Å²) in [5, 5.41) is 5.95. The fraction of sp³-hybridized carbons (Fsp3) is 0.682. The summed E-state index contributed by atoms with van der Waals surface area (Å²) in [7, 11) is 0. The molecule has 0 saturated carbocycles. The van der Waals surface area contributed by atoms with E-state index in [0.29, 0.717) is 0 Å². The summed E-state index contributed by atoms with van der Waals surface area (Å²) in [6.07, 6.45) is -12.5. The summed E-state index contributed by atoms with van der Waals surface area (Å²) in [5.41, 5.74) is 0. The molecule has 3 N–H and O–H groups in total. The minimum absolute atomic E-state index is 0.283. The standard InChI is InChI=1S/C22H30F3N3O12/c1-6-36-20(34)13(27-21(35)22(23,24)25)7-15(33)28-19-16(26-9(2)29)18(39-12(5)32)17(38-11(4)31)14(40-19)8-37-10(3)30/h13-14,16-19H,6-8H2,1-5H3,(H,26,29)(H,27,35)(H,28,33). The van der Waals surface area contributed by atoms with Gasteiger partial charge in [-0.3, -0.25) is 28.8 Å². The molecule has 0 aliphatic carbocycles. The van der Waals surface area contributed by atoms with Gasteiger partial charge in [-0.1, -0.05) is 0 Å². The smallest absolute Gasteiger partial charge is 0.464 e. The van der Waals surface area contributed by atoms with E-state index in [0.717, 1.165) is 27.7 Å². The third-order valence-electron chi connectivity index (χ3n) is 4.94. The highest BCUT2D eigenvalue weighted by molar-refractivity contribution is 5.91. The Balaban J connectivity index is 3.36. The van der Waals surface area contributed by atoms with Gasteiger partial charge >= 0.3 is 36.0 Å². The molecule has 0 aromatic heterocycles. The molecule has 1 saturated heterocycles. The molecule has 1 rings (SSSR count). The molecule has 15 nitrogen and oxygen atoms in total. The van der Waals surface area contributed by atoms with Crippen molar-refractivity contribution in [2.75, 3.05) is 13.2 Å². The molecule has 0 aromatic carbocycles. The molecule has 6 unspecified atom stereocenters. The number of halogens is 3. The molecule has 226 valence electrons. The molecule has 3 amide bonds. The van der Waals surface area contributed by atoms with E-state index in [1.807, 2.05) is 0 Å². The Bertz CT molecular complexity index is 990. The van der Waals surface area contributed by atoms with Gasteiger partial charge in [0.2, 0.25) is 11.8 Å². The summed E-state index contributed by atoms with van der Waals surface area (Å²) >= 11 is 0. The molecular formula is C22H30F3N3O12. The van der Waals surface area contributed by atoms with Crippen molar-refractivity contribution < 1.29 is 70.4 Å². The van der Waals surface area contributed by atoms with Crippen LogP contribution in [-0.4, -0.2) is 97.6 Å². The molecule has 6 atom stereocenters. The average Bonchev–Trinajstić information content (AvgIpc) is 2.79. The van der Waals surface area contributed by atoms with Crippen molar-refractivity contribution in [3.8, 4) is 0 Å². The zero-order valence-corrected chi connectivity index (χ0v) is 22.1. The Morgan fingerprint density at radius 3 is 1.90 bits per heavy atom. The molecule has 1 aliphatic heterocycles. The van der Waals surface area contributed by atoms with Crippen LogP contribution in [0.2, 0.25) is 0 Å². The minimum Gasteiger partial charge on any atom is -0.464 e. The van der Waals surface area contributed by atoms with Gasteiger partial charge in [0.25, 0.3) is 0 Å². The van der Waals surface area contributed by atoms with E-state index in [4.69, 9.17) is 18.9 Å². The van der Waals surface area contributed by atoms with Gasteiger partial charge < -0.3 is 39.6 Å². The molecular weight excluding hydrogens is 555 g/mol. The van der Waals surface area contributed by atoms with Crippen LogP contribution in [0.1, 0.15) is 41.0 Å². The fourth-order valence-electron chi connectivity index (χ4n) is 3.53. The monoisotopic (exact) mass is 585 g/mol. The zero-order chi connectivity index (χ0) is 30.8. The van der Waals surface area contributed by atoms with Gasteiger partial charge in [0.15, 0.2) is 18.4 Å². The van der Waals surface area contributed by atoms with Crippen LogP contribution in [0.15, 0.2) is 0 Å². The van der Waals surface area contributed by atoms with E-state index in [1.54, 1.807) is 0 Å². The molecule has 0 bridgehead atoms. The van der Waals surface area contributed by atoms with Gasteiger partial charge in [0, 0.05) is 27.7 Å². The maximum absolute atomic E-state index is 12.8. The highest BCUT2D eigenvalue weighted by Gasteiger charge is 2.51.